The van der Waals surface area contributed by atoms with E-state index in [1.165, 1.54) is 0 Å². The number of nitrogens with zero attached hydrogens (tertiary/aromatic N) is 2. The molecular formula is C14H21N3O2S. The van der Waals surface area contributed by atoms with Gasteiger partial charge in [-0.2, -0.15) is 0 Å². The second-order valence-electron chi connectivity index (χ2n) is 4.91. The van der Waals surface area contributed by atoms with Crippen LogP contribution in [0.15, 0.2) is 23.4 Å². The lowest BCUT2D eigenvalue weighted by atomic mass is 10.2. The molecule has 1 aromatic heterocycles. The number of amides is 2. The van der Waals surface area contributed by atoms with E-state index in [9.17, 15) is 4.79 Å². The van der Waals surface area contributed by atoms with Crippen molar-refractivity contribution in [1.29, 1.82) is 0 Å². The Kier molecular flexibility index (Phi) is 5.25. The van der Waals surface area contributed by atoms with Gasteiger partial charge in [-0.05, 0) is 31.7 Å². The fourth-order valence-corrected chi connectivity index (χ4v) is 2.82. The molecule has 1 saturated heterocycles. The van der Waals surface area contributed by atoms with Gasteiger partial charge in [0.2, 0.25) is 0 Å². The van der Waals surface area contributed by atoms with Crippen LogP contribution in [0.5, 0.6) is 0 Å². The highest BCUT2D eigenvalue weighted by Gasteiger charge is 2.25. The Morgan fingerprint density at radius 3 is 2.70 bits per heavy atom. The lowest BCUT2D eigenvalue weighted by Gasteiger charge is -2.35. The SMILES string of the molecule is CCSc1ccc(NC(=O)N2CC(C)OC(C)C2)cn1. The summed E-state index contributed by atoms with van der Waals surface area (Å²) in [4.78, 5) is 18.3. The van der Waals surface area contributed by atoms with E-state index in [1.54, 1.807) is 22.9 Å². The van der Waals surface area contributed by atoms with Crippen LogP contribution in [0.1, 0.15) is 20.8 Å². The third-order valence-electron chi connectivity index (χ3n) is 2.99. The van der Waals surface area contributed by atoms with Crippen LogP contribution >= 0.6 is 11.8 Å². The summed E-state index contributed by atoms with van der Waals surface area (Å²) in [5, 5.41) is 3.85. The van der Waals surface area contributed by atoms with Gasteiger partial charge in [0.1, 0.15) is 0 Å². The highest BCUT2D eigenvalue weighted by atomic mass is 32.2. The zero-order valence-corrected chi connectivity index (χ0v) is 12.9. The standard InChI is InChI=1S/C14H21N3O2S/c1-4-20-13-6-5-12(7-15-13)16-14(18)17-8-10(2)19-11(3)9-17/h5-7,10-11H,4,8-9H2,1-3H3,(H,16,18). The van der Waals surface area contributed by atoms with Crippen molar-refractivity contribution < 1.29 is 9.53 Å². The molecule has 0 bridgehead atoms. The molecule has 2 unspecified atom stereocenters. The largest absolute Gasteiger partial charge is 0.372 e. The molecule has 0 aliphatic carbocycles. The number of morpholine rings is 1. The molecule has 2 amide bonds. The van der Waals surface area contributed by atoms with E-state index in [0.29, 0.717) is 13.1 Å². The molecule has 2 atom stereocenters. The molecule has 1 fully saturated rings. The summed E-state index contributed by atoms with van der Waals surface area (Å²) in [6, 6.07) is 3.72. The predicted octanol–water partition coefficient (Wildman–Crippen LogP) is 2.83. The van der Waals surface area contributed by atoms with Gasteiger partial charge in [-0.3, -0.25) is 0 Å². The van der Waals surface area contributed by atoms with Gasteiger partial charge in [-0.25, -0.2) is 9.78 Å². The van der Waals surface area contributed by atoms with E-state index >= 15 is 0 Å². The van der Waals surface area contributed by atoms with Crippen molar-refractivity contribution in [3.05, 3.63) is 18.3 Å². The molecule has 1 aliphatic heterocycles. The number of urea groups is 1. The number of carbonyl (C=O) groups is 1. The molecule has 1 aromatic rings. The van der Waals surface area contributed by atoms with E-state index in [1.807, 2.05) is 26.0 Å². The van der Waals surface area contributed by atoms with Crippen molar-refractivity contribution >= 4 is 23.5 Å². The minimum Gasteiger partial charge on any atom is -0.372 e. The first-order valence-electron chi connectivity index (χ1n) is 6.88. The molecule has 1 N–H and O–H groups in total. The number of hydrogen-bond acceptors (Lipinski definition) is 4. The Morgan fingerprint density at radius 2 is 2.15 bits per heavy atom. The molecule has 110 valence electrons. The third-order valence-corrected chi connectivity index (χ3v) is 3.81. The summed E-state index contributed by atoms with van der Waals surface area (Å²) in [6.45, 7) is 7.28. The monoisotopic (exact) mass is 295 g/mol. The van der Waals surface area contributed by atoms with E-state index in [4.69, 9.17) is 4.74 Å². The predicted molar refractivity (Wildman–Crippen MR) is 81.2 cm³/mol. The van der Waals surface area contributed by atoms with Crippen molar-refractivity contribution in [1.82, 2.24) is 9.88 Å². The van der Waals surface area contributed by atoms with Crippen LogP contribution in [0.25, 0.3) is 0 Å². The Morgan fingerprint density at radius 1 is 1.45 bits per heavy atom. The zero-order chi connectivity index (χ0) is 14.5. The van der Waals surface area contributed by atoms with Crippen LogP contribution in [0.4, 0.5) is 10.5 Å². The molecule has 2 heterocycles. The maximum atomic E-state index is 12.2. The topological polar surface area (TPSA) is 54.5 Å². The average molecular weight is 295 g/mol. The summed E-state index contributed by atoms with van der Waals surface area (Å²) in [5.41, 5.74) is 0.724. The van der Waals surface area contributed by atoms with Gasteiger partial charge in [0.15, 0.2) is 0 Å². The Balaban J connectivity index is 1.93. The van der Waals surface area contributed by atoms with Gasteiger partial charge >= 0.3 is 6.03 Å². The van der Waals surface area contributed by atoms with E-state index in [2.05, 4.69) is 17.2 Å². The van der Waals surface area contributed by atoms with Crippen molar-refractivity contribution in [2.45, 2.75) is 38.0 Å². The third kappa shape index (κ3) is 4.11. The molecule has 1 aliphatic rings. The van der Waals surface area contributed by atoms with Gasteiger partial charge in [-0.15, -0.1) is 11.8 Å². The van der Waals surface area contributed by atoms with Crippen LogP contribution in [-0.2, 0) is 4.74 Å². The second kappa shape index (κ2) is 6.95. The molecule has 6 heteroatoms. The molecule has 0 spiro atoms. The first-order valence-corrected chi connectivity index (χ1v) is 7.87. The number of rotatable bonds is 3. The highest BCUT2D eigenvalue weighted by Crippen LogP contribution is 2.17. The lowest BCUT2D eigenvalue weighted by Crippen LogP contribution is -2.49. The molecule has 0 saturated carbocycles. The number of aromatic nitrogens is 1. The van der Waals surface area contributed by atoms with Crippen LogP contribution in [-0.4, -0.2) is 47.0 Å². The van der Waals surface area contributed by atoms with Crippen LogP contribution < -0.4 is 5.32 Å². The Hall–Kier alpha value is -1.27. The minimum absolute atomic E-state index is 0.0750. The van der Waals surface area contributed by atoms with E-state index in [-0.39, 0.29) is 18.2 Å². The maximum absolute atomic E-state index is 12.2. The number of nitrogens with one attached hydrogen (secondary N) is 1. The Labute approximate surface area is 124 Å². The highest BCUT2D eigenvalue weighted by molar-refractivity contribution is 7.99. The summed E-state index contributed by atoms with van der Waals surface area (Å²) >= 11 is 1.68. The van der Waals surface area contributed by atoms with Crippen LogP contribution in [0.2, 0.25) is 0 Å². The first-order chi connectivity index (χ1) is 9.58. The lowest BCUT2D eigenvalue weighted by molar-refractivity contribution is -0.0530. The summed E-state index contributed by atoms with van der Waals surface area (Å²) < 4.78 is 5.62. The second-order valence-corrected chi connectivity index (χ2v) is 6.19. The zero-order valence-electron chi connectivity index (χ0n) is 12.1. The average Bonchev–Trinajstić information content (AvgIpc) is 2.40. The fraction of sp³-hybridized carbons (Fsp3) is 0.571. The number of hydrogen-bond donors (Lipinski definition) is 1. The quantitative estimate of drug-likeness (QED) is 0.871. The van der Waals surface area contributed by atoms with Gasteiger partial charge < -0.3 is 15.0 Å². The number of carbonyl (C=O) groups excluding carboxylic acids is 1. The smallest absolute Gasteiger partial charge is 0.322 e. The van der Waals surface area contributed by atoms with E-state index in [0.717, 1.165) is 16.5 Å². The summed E-state index contributed by atoms with van der Waals surface area (Å²) in [6.07, 6.45) is 1.85. The van der Waals surface area contributed by atoms with Crippen LogP contribution in [0.3, 0.4) is 0 Å². The maximum Gasteiger partial charge on any atom is 0.322 e. The van der Waals surface area contributed by atoms with Gasteiger partial charge in [0.25, 0.3) is 0 Å². The Bertz CT molecular complexity index is 442. The molecule has 0 aromatic carbocycles. The van der Waals surface area contributed by atoms with Crippen molar-refractivity contribution in [3.63, 3.8) is 0 Å². The number of thioether (sulfide) groups is 1. The van der Waals surface area contributed by atoms with Gasteiger partial charge in [0.05, 0.1) is 29.1 Å². The molecule has 5 nitrogen and oxygen atoms in total. The van der Waals surface area contributed by atoms with Gasteiger partial charge in [-0.1, -0.05) is 6.92 Å². The molecular weight excluding hydrogens is 274 g/mol. The number of anilines is 1. The number of pyridine rings is 1. The summed E-state index contributed by atoms with van der Waals surface area (Å²) in [7, 11) is 0. The van der Waals surface area contributed by atoms with Crippen LogP contribution in [0, 0.1) is 0 Å². The molecule has 20 heavy (non-hydrogen) atoms. The first kappa shape index (κ1) is 15.1. The number of ether oxygens (including phenoxy) is 1. The van der Waals surface area contributed by atoms with Crippen molar-refractivity contribution in [3.8, 4) is 0 Å². The fourth-order valence-electron chi connectivity index (χ4n) is 2.23. The van der Waals surface area contributed by atoms with Gasteiger partial charge in [0, 0.05) is 13.1 Å². The normalized spacial score (nSPS) is 22.6. The van der Waals surface area contributed by atoms with Crippen molar-refractivity contribution in [2.75, 3.05) is 24.2 Å². The molecule has 0 radical (unpaired) electrons. The minimum atomic E-state index is -0.0929. The summed E-state index contributed by atoms with van der Waals surface area (Å²) in [5.74, 6) is 0.988. The molecule has 2 rings (SSSR count). The van der Waals surface area contributed by atoms with E-state index < -0.39 is 0 Å². The van der Waals surface area contributed by atoms with Crippen molar-refractivity contribution in [2.24, 2.45) is 0 Å².